The number of aromatic nitrogens is 2. The van der Waals surface area contributed by atoms with Crippen molar-refractivity contribution >= 4 is 21.6 Å². The normalized spacial score (nSPS) is 11.3. The molecule has 9 heteroatoms. The van der Waals surface area contributed by atoms with Crippen LogP contribution in [-0.2, 0) is 27.9 Å². The molecule has 0 fully saturated rings. The zero-order chi connectivity index (χ0) is 22.3. The molecule has 0 spiro atoms. The minimum Gasteiger partial charge on any atom is -0.491 e. The SMILES string of the molecule is CC(C)Oc1ccc(NS(=O)(=O)CC(=O)NCc2ccccc2Cn2ccnc2)cc1. The molecule has 0 atom stereocenters. The minimum atomic E-state index is -3.84. The highest BCUT2D eigenvalue weighted by atomic mass is 32.2. The first-order valence-corrected chi connectivity index (χ1v) is 11.5. The number of anilines is 1. The second-order valence-electron chi connectivity index (χ2n) is 7.33. The van der Waals surface area contributed by atoms with Crippen LogP contribution in [0.1, 0.15) is 25.0 Å². The second-order valence-corrected chi connectivity index (χ2v) is 9.05. The molecular formula is C22H26N4O4S. The molecule has 3 rings (SSSR count). The van der Waals surface area contributed by atoms with Gasteiger partial charge in [-0.1, -0.05) is 24.3 Å². The lowest BCUT2D eigenvalue weighted by Gasteiger charge is -2.13. The van der Waals surface area contributed by atoms with E-state index in [0.717, 1.165) is 11.1 Å². The number of nitrogens with zero attached hydrogens (tertiary/aromatic N) is 2. The standard InChI is InChI=1S/C22H26N4O4S/c1-17(2)30-21-9-7-20(8-10-21)25-31(28,29)15-22(27)24-13-18-5-3-4-6-19(18)14-26-12-11-23-16-26/h3-12,16-17,25H,13-15H2,1-2H3,(H,24,27). The summed E-state index contributed by atoms with van der Waals surface area (Å²) in [5.41, 5.74) is 2.30. The summed E-state index contributed by atoms with van der Waals surface area (Å²) < 4.78 is 34.6. The molecule has 0 aliphatic carbocycles. The van der Waals surface area contributed by atoms with Crippen LogP contribution in [0, 0.1) is 0 Å². The van der Waals surface area contributed by atoms with E-state index in [0.29, 0.717) is 18.0 Å². The lowest BCUT2D eigenvalue weighted by atomic mass is 10.1. The predicted octanol–water partition coefficient (Wildman–Crippen LogP) is 2.78. The van der Waals surface area contributed by atoms with Crippen LogP contribution >= 0.6 is 0 Å². The summed E-state index contributed by atoms with van der Waals surface area (Å²) >= 11 is 0. The fourth-order valence-corrected chi connectivity index (χ4v) is 3.98. The molecule has 1 aromatic heterocycles. The Labute approximate surface area is 182 Å². The van der Waals surface area contributed by atoms with Gasteiger partial charge in [0.25, 0.3) is 0 Å². The largest absolute Gasteiger partial charge is 0.491 e. The third kappa shape index (κ3) is 7.14. The fraction of sp³-hybridized carbons (Fsp3) is 0.273. The number of hydrogen-bond donors (Lipinski definition) is 2. The van der Waals surface area contributed by atoms with Crippen molar-refractivity contribution in [2.24, 2.45) is 0 Å². The Kier molecular flexibility index (Phi) is 7.30. The van der Waals surface area contributed by atoms with Crippen molar-refractivity contribution in [2.45, 2.75) is 33.0 Å². The van der Waals surface area contributed by atoms with Gasteiger partial charge in [0.05, 0.1) is 12.4 Å². The number of carbonyl (C=O) groups is 1. The highest BCUT2D eigenvalue weighted by Crippen LogP contribution is 2.18. The lowest BCUT2D eigenvalue weighted by Crippen LogP contribution is -2.32. The summed E-state index contributed by atoms with van der Waals surface area (Å²) in [6, 6.07) is 14.2. The van der Waals surface area contributed by atoms with Gasteiger partial charge in [0.2, 0.25) is 15.9 Å². The Morgan fingerprint density at radius 1 is 1.10 bits per heavy atom. The summed E-state index contributed by atoms with van der Waals surface area (Å²) in [5.74, 6) is -0.601. The van der Waals surface area contributed by atoms with Crippen LogP contribution < -0.4 is 14.8 Å². The number of benzene rings is 2. The smallest absolute Gasteiger partial charge is 0.241 e. The Hall–Kier alpha value is -3.33. The average Bonchev–Trinajstić information content (AvgIpc) is 3.21. The van der Waals surface area contributed by atoms with Crippen molar-refractivity contribution in [1.82, 2.24) is 14.9 Å². The van der Waals surface area contributed by atoms with Gasteiger partial charge in [-0.05, 0) is 49.2 Å². The summed E-state index contributed by atoms with van der Waals surface area (Å²) in [7, 11) is -3.84. The van der Waals surface area contributed by atoms with E-state index in [2.05, 4.69) is 15.0 Å². The number of amides is 1. The maximum Gasteiger partial charge on any atom is 0.241 e. The van der Waals surface area contributed by atoms with Crippen LogP contribution in [0.5, 0.6) is 5.75 Å². The van der Waals surface area contributed by atoms with Crippen molar-refractivity contribution in [3.05, 3.63) is 78.4 Å². The Morgan fingerprint density at radius 2 is 1.81 bits per heavy atom. The predicted molar refractivity (Wildman–Crippen MR) is 119 cm³/mol. The van der Waals surface area contributed by atoms with E-state index < -0.39 is 21.7 Å². The maximum absolute atomic E-state index is 12.3. The van der Waals surface area contributed by atoms with Crippen LogP contribution in [0.3, 0.4) is 0 Å². The molecule has 0 bridgehead atoms. The number of ether oxygens (including phenoxy) is 1. The molecule has 31 heavy (non-hydrogen) atoms. The topological polar surface area (TPSA) is 102 Å². The van der Waals surface area contributed by atoms with Crippen molar-refractivity contribution in [3.8, 4) is 5.75 Å². The van der Waals surface area contributed by atoms with E-state index in [1.165, 1.54) is 0 Å². The van der Waals surface area contributed by atoms with E-state index in [-0.39, 0.29) is 12.6 Å². The molecule has 0 aliphatic heterocycles. The van der Waals surface area contributed by atoms with Gasteiger partial charge < -0.3 is 14.6 Å². The molecular weight excluding hydrogens is 416 g/mol. The van der Waals surface area contributed by atoms with Crippen LogP contribution in [0.2, 0.25) is 0 Å². The second kappa shape index (κ2) is 10.1. The van der Waals surface area contributed by atoms with Gasteiger partial charge in [-0.2, -0.15) is 0 Å². The highest BCUT2D eigenvalue weighted by molar-refractivity contribution is 7.93. The fourth-order valence-electron chi connectivity index (χ4n) is 2.97. The van der Waals surface area contributed by atoms with Crippen molar-refractivity contribution < 1.29 is 17.9 Å². The molecule has 164 valence electrons. The van der Waals surface area contributed by atoms with E-state index in [4.69, 9.17) is 4.74 Å². The summed E-state index contributed by atoms with van der Waals surface area (Å²) in [6.45, 7) is 4.67. The lowest BCUT2D eigenvalue weighted by molar-refractivity contribution is -0.118. The summed E-state index contributed by atoms with van der Waals surface area (Å²) in [4.78, 5) is 16.3. The number of hydrogen-bond acceptors (Lipinski definition) is 5. The molecule has 8 nitrogen and oxygen atoms in total. The monoisotopic (exact) mass is 442 g/mol. The number of rotatable bonds is 10. The molecule has 0 unspecified atom stereocenters. The van der Waals surface area contributed by atoms with E-state index in [1.54, 1.807) is 36.8 Å². The molecule has 0 aliphatic rings. The zero-order valence-corrected chi connectivity index (χ0v) is 18.3. The van der Waals surface area contributed by atoms with Gasteiger partial charge in [-0.15, -0.1) is 0 Å². The third-order valence-corrected chi connectivity index (χ3v) is 5.52. The first-order chi connectivity index (χ1) is 14.8. The van der Waals surface area contributed by atoms with E-state index in [9.17, 15) is 13.2 Å². The van der Waals surface area contributed by atoms with Crippen molar-refractivity contribution in [1.29, 1.82) is 0 Å². The van der Waals surface area contributed by atoms with Crippen molar-refractivity contribution in [2.75, 3.05) is 10.5 Å². The van der Waals surface area contributed by atoms with Gasteiger partial charge in [0.15, 0.2) is 0 Å². The number of nitrogens with one attached hydrogen (secondary N) is 2. The first-order valence-electron chi connectivity index (χ1n) is 9.87. The molecule has 0 radical (unpaired) electrons. The molecule has 1 amide bonds. The van der Waals surface area contributed by atoms with E-state index >= 15 is 0 Å². The highest BCUT2D eigenvalue weighted by Gasteiger charge is 2.17. The maximum atomic E-state index is 12.3. The quantitative estimate of drug-likeness (QED) is 0.503. The number of sulfonamides is 1. The number of carbonyl (C=O) groups excluding carboxylic acids is 1. The minimum absolute atomic E-state index is 0.0244. The van der Waals surface area contributed by atoms with Crippen LogP contribution in [0.25, 0.3) is 0 Å². The summed E-state index contributed by atoms with van der Waals surface area (Å²) in [5, 5.41) is 2.69. The molecule has 3 aromatic rings. The van der Waals surface area contributed by atoms with Gasteiger partial charge in [-0.3, -0.25) is 9.52 Å². The third-order valence-electron chi connectivity index (χ3n) is 4.33. The van der Waals surface area contributed by atoms with Gasteiger partial charge in [0.1, 0.15) is 11.5 Å². The van der Waals surface area contributed by atoms with Gasteiger partial charge >= 0.3 is 0 Å². The molecule has 1 heterocycles. The molecule has 0 saturated carbocycles. The van der Waals surface area contributed by atoms with Crippen LogP contribution in [0.15, 0.2) is 67.3 Å². The Bertz CT molecular complexity index is 1090. The molecule has 0 saturated heterocycles. The molecule has 2 N–H and O–H groups in total. The average molecular weight is 443 g/mol. The molecule has 2 aromatic carbocycles. The van der Waals surface area contributed by atoms with Gasteiger partial charge in [-0.25, -0.2) is 13.4 Å². The zero-order valence-electron chi connectivity index (χ0n) is 17.5. The van der Waals surface area contributed by atoms with Crippen LogP contribution in [-0.4, -0.2) is 35.7 Å². The summed E-state index contributed by atoms with van der Waals surface area (Å²) in [6.07, 6.45) is 5.30. The Balaban J connectivity index is 1.54. The van der Waals surface area contributed by atoms with Crippen molar-refractivity contribution in [3.63, 3.8) is 0 Å². The first kappa shape index (κ1) is 22.4. The number of imidazole rings is 1. The van der Waals surface area contributed by atoms with Crippen LogP contribution in [0.4, 0.5) is 5.69 Å². The van der Waals surface area contributed by atoms with E-state index in [1.807, 2.05) is 48.9 Å². The van der Waals surface area contributed by atoms with Gasteiger partial charge in [0, 0.05) is 31.2 Å². The Morgan fingerprint density at radius 3 is 2.45 bits per heavy atom.